The first-order chi connectivity index (χ1) is 62.2. The molecule has 14 aromatic rings. The van der Waals surface area contributed by atoms with Crippen LogP contribution in [0.15, 0.2) is 293 Å². The number of azo groups is 4. The predicted molar refractivity (Wildman–Crippen MR) is 456 cm³/mol. The summed E-state index contributed by atoms with van der Waals surface area (Å²) in [5.41, 5.74) is 0.0150. The van der Waals surface area contributed by atoms with Crippen LogP contribution in [0.3, 0.4) is 0 Å². The van der Waals surface area contributed by atoms with Gasteiger partial charge in [0.25, 0.3) is 11.8 Å². The average Bonchev–Trinajstić information content (AvgIpc) is 0.770. The van der Waals surface area contributed by atoms with Gasteiger partial charge < -0.3 is 109 Å². The largest absolute Gasteiger partial charge is 1.00 e. The van der Waals surface area contributed by atoms with Crippen LogP contribution in [0, 0.1) is 0 Å². The fourth-order valence-electron chi connectivity index (χ4n) is 12.9. The van der Waals surface area contributed by atoms with Crippen LogP contribution < -0.4 is 239 Å². The summed E-state index contributed by atoms with van der Waals surface area (Å²) in [5.74, 6) is -11.0. The molecule has 0 aromatic heterocycles. The number of benzene rings is 14. The third-order valence-corrected chi connectivity index (χ3v) is 20.6. The Morgan fingerprint density at radius 3 is 0.985 bits per heavy atom. The number of rotatable bonds is 31. The number of phenols is 4. The van der Waals surface area contributed by atoms with E-state index in [0.717, 1.165) is 36.4 Å². The van der Waals surface area contributed by atoms with Gasteiger partial charge in [0.05, 0.1) is 56.4 Å². The van der Waals surface area contributed by atoms with E-state index in [1.807, 2.05) is 0 Å². The van der Waals surface area contributed by atoms with Gasteiger partial charge in [-0.05, 0) is 193 Å². The Bertz CT molecular complexity index is 6940. The van der Waals surface area contributed by atoms with E-state index in [2.05, 4.69) is 72.8 Å². The number of amides is 4. The maximum atomic E-state index is 13.0. The number of aromatic carboxylic acids is 2. The summed E-state index contributed by atoms with van der Waals surface area (Å²) < 4.78 is 98.9. The molecule has 0 radical (unpaired) electrons. The van der Waals surface area contributed by atoms with Crippen LogP contribution in [0.1, 0.15) is 41.4 Å². The van der Waals surface area contributed by atoms with Crippen LogP contribution in [-0.2, 0) is 39.3 Å². The van der Waals surface area contributed by atoms with Crippen LogP contribution in [0.25, 0.3) is 43.1 Å². The second kappa shape index (κ2) is 48.7. The summed E-state index contributed by atoms with van der Waals surface area (Å²) in [6, 6.07) is 55.9. The van der Waals surface area contributed by atoms with Crippen LogP contribution in [0.2, 0.25) is 0 Å². The van der Waals surface area contributed by atoms with Crippen LogP contribution >= 0.6 is 0 Å². The molecule has 10 N–H and O–H groups in total. The van der Waals surface area contributed by atoms with Gasteiger partial charge in [0.1, 0.15) is 92.4 Å². The number of anilines is 8. The molecule has 14 rings (SSSR count). The molecule has 0 saturated heterocycles. The van der Waals surface area contributed by atoms with E-state index in [9.17, 15) is 105 Å². The average molecular weight is 1930 g/mol. The second-order valence-corrected chi connectivity index (χ2v) is 30.3. The number of carboxylic acids is 4. The van der Waals surface area contributed by atoms with E-state index in [0.29, 0.717) is 22.7 Å². The zero-order valence-electron chi connectivity index (χ0n) is 72.1. The number of phenolic OH excluding ortho intramolecular Hbond substituents is 2. The summed E-state index contributed by atoms with van der Waals surface area (Å²) in [6.07, 6.45) is -1.83. The minimum Gasteiger partial charge on any atom is -0.744 e. The Morgan fingerprint density at radius 1 is 0.324 bits per heavy atom. The van der Waals surface area contributed by atoms with Crippen molar-refractivity contribution < 1.29 is 301 Å². The molecule has 0 aliphatic carbocycles. The van der Waals surface area contributed by atoms with Crippen LogP contribution in [0.5, 0.6) is 34.5 Å². The normalized spacial score (nSPS) is 11.1. The van der Waals surface area contributed by atoms with Crippen molar-refractivity contribution in [2.45, 2.75) is 9.79 Å². The van der Waals surface area contributed by atoms with Crippen molar-refractivity contribution >= 4 is 202 Å². The van der Waals surface area contributed by atoms with Gasteiger partial charge in [-0.15, -0.1) is 30.7 Å². The number of fused-ring (bicyclic) bond motifs is 4. The smallest absolute Gasteiger partial charge is 0.744 e. The summed E-state index contributed by atoms with van der Waals surface area (Å²) in [4.78, 5) is 95.7. The maximum absolute atomic E-state index is 13.0. The van der Waals surface area contributed by atoms with Crippen molar-refractivity contribution in [1.82, 2.24) is 0 Å². The number of carbonyl (C=O) groups is 8. The van der Waals surface area contributed by atoms with E-state index >= 15 is 0 Å². The van der Waals surface area contributed by atoms with Crippen molar-refractivity contribution in [3.8, 4) is 34.5 Å². The number of hydrogen-bond acceptors (Lipinski definition) is 36. The standard InChI is InChI=1S/C88H64N14O26S2.6Na/c103-69-31-27-57(39-65(69)85(113)114)91-83(111)45-9-13-53(14-10-45)95-99-77-63-7-3-1-5-61(63)67(41-71(77)127-43-75(105)106)97-101-79-73(129(119,120)121)37-47-35-55(25-29-59(47)81(79)109)89-49-17-21-51(22-18-49)93-87(117)125-33-34-126-88(118)94-52-23-19-50(20-24-52)90-56-26-30-60-48(36-56)38-74(130(122,123)124)80(82(60)110)102-98-68-42-72(128-44-76(107)108)78(64-8-4-2-6-62(64)68)100-96-54-15-11-46(12-16-54)84(112)92-58-28-32-70(104)66(40-58)86(115)116;;;;;;/h1-32,35-42,89-90,103-104,109-110H,33-34,43-44H2,(H,91,111)(H,92,112)(H,93,117)(H,94,118)(H,105,106)(H,107,108)(H,113,114)(H,115,116)(H,119,120,121)(H,122,123,124);;;;;;/q;6*+1/p-6. The molecule has 4 amide bonds. The molecule has 14 aromatic carbocycles. The van der Waals surface area contributed by atoms with Gasteiger partial charge in [0.15, 0.2) is 11.5 Å². The fraction of sp³-hybridized carbons (Fsp3) is 0.0455. The van der Waals surface area contributed by atoms with Crippen molar-refractivity contribution in [1.29, 1.82) is 0 Å². The second-order valence-electron chi connectivity index (χ2n) is 27.6. The number of ether oxygens (including phenoxy) is 4. The Morgan fingerprint density at radius 2 is 0.647 bits per heavy atom. The molecule has 0 aliphatic rings. The first-order valence-corrected chi connectivity index (χ1v) is 40.5. The molecule has 0 spiro atoms. The van der Waals surface area contributed by atoms with Crippen molar-refractivity contribution in [2.24, 2.45) is 40.9 Å². The van der Waals surface area contributed by atoms with E-state index in [1.54, 1.807) is 72.8 Å². The summed E-state index contributed by atoms with van der Waals surface area (Å²) >= 11 is 0. The van der Waals surface area contributed by atoms with Gasteiger partial charge in [-0.1, -0.05) is 48.5 Å². The number of aliphatic carboxylic acids is 2. The first kappa shape index (κ1) is 109. The topological polar surface area (TPSA) is 632 Å². The Kier molecular flexibility index (Phi) is 39.2. The molecule has 0 atom stereocenters. The number of nitrogens with zero attached hydrogens (tertiary/aromatic N) is 8. The maximum Gasteiger partial charge on any atom is 1.00 e. The molecular formula is C88H58N14Na6O26S2. The Balaban J connectivity index is 0.00000379. The zero-order valence-corrected chi connectivity index (χ0v) is 85.7. The quantitative estimate of drug-likeness (QED) is 0.00642. The third kappa shape index (κ3) is 27.5. The number of nitrogens with one attached hydrogen (secondary N) is 6. The Labute approximate surface area is 901 Å². The number of aromatic hydroxyl groups is 4. The molecule has 0 bridgehead atoms. The Hall–Kier alpha value is -11.9. The number of carbonyl (C=O) groups excluding carboxylic acids is 8. The van der Waals surface area contributed by atoms with E-state index in [1.165, 1.54) is 133 Å². The molecule has 0 fully saturated rings. The van der Waals surface area contributed by atoms with Gasteiger partial charge >= 0.3 is 190 Å². The molecule has 136 heavy (non-hydrogen) atoms. The van der Waals surface area contributed by atoms with E-state index < -0.39 is 137 Å². The summed E-state index contributed by atoms with van der Waals surface area (Å²) in [7, 11) is -10.8. The van der Waals surface area contributed by atoms with Gasteiger partial charge in [-0.25, -0.2) is 26.4 Å². The number of carboxylic acid groups (broad SMARTS) is 4. The third-order valence-electron chi connectivity index (χ3n) is 18.9. The van der Waals surface area contributed by atoms with Gasteiger partial charge in [-0.3, -0.25) is 20.2 Å². The minimum atomic E-state index is -5.41. The fourth-order valence-corrected chi connectivity index (χ4v) is 14.1. The molecule has 654 valence electrons. The molecule has 0 heterocycles. The molecule has 0 aliphatic heterocycles. The van der Waals surface area contributed by atoms with Crippen LogP contribution in [0.4, 0.5) is 101 Å². The predicted octanol–water partition coefficient (Wildman–Crippen LogP) is -4.61. The van der Waals surface area contributed by atoms with E-state index in [-0.39, 0.29) is 313 Å². The zero-order chi connectivity index (χ0) is 92.2. The van der Waals surface area contributed by atoms with Gasteiger partial charge in [0, 0.05) is 112 Å². The van der Waals surface area contributed by atoms with E-state index in [4.69, 9.17) is 18.9 Å². The van der Waals surface area contributed by atoms with Crippen molar-refractivity contribution in [3.63, 3.8) is 0 Å². The number of hydrogen-bond donors (Lipinski definition) is 10. The van der Waals surface area contributed by atoms with Gasteiger partial charge in [0.2, 0.25) is 0 Å². The minimum absolute atomic E-state index is 0. The monoisotopic (exact) mass is 1930 g/mol. The van der Waals surface area contributed by atoms with Gasteiger partial charge in [-0.2, -0.15) is 10.2 Å². The summed E-state index contributed by atoms with van der Waals surface area (Å²) in [6.45, 7) is -2.74. The van der Waals surface area contributed by atoms with Crippen LogP contribution in [-0.4, -0.2) is 121 Å². The summed E-state index contributed by atoms with van der Waals surface area (Å²) in [5, 5.41) is 140. The molecule has 0 unspecified atom stereocenters. The molecular weight excluding hydrogens is 1870 g/mol. The SMILES string of the molecule is O=C([O-])COc1cc(N=Nc2c(S(=O)(=O)[O-])cc3cc(Nc4ccc(NC(=O)OCCOC(=O)Nc5ccc(Nc6ccc7c(O)c(N=Nc8cc(OCC(=O)[O-])c(N=Nc9ccc(C(=O)Nc%10ccc(O)c(C(=O)[O-])c%10)cc9)c9ccccc89)c(S(=O)(=O)[O-])cc7c6)cc5)cc4)ccc3c2O)c2ccccc2c1N=Nc1ccc(C(=O)Nc2ccc(O)c(C(=O)[O-])c2)cc1.[Na+].[Na+].[Na+].[Na+].[Na+].[Na+]. The molecule has 0 saturated carbocycles. The first-order valence-electron chi connectivity index (χ1n) is 37.7. The van der Waals surface area contributed by atoms with Crippen molar-refractivity contribution in [2.75, 3.05) is 58.3 Å². The van der Waals surface area contributed by atoms with Crippen molar-refractivity contribution in [3.05, 3.63) is 265 Å². The molecule has 48 heteroatoms. The molecule has 40 nitrogen and oxygen atoms in total.